The third kappa shape index (κ3) is 2.04. The van der Waals surface area contributed by atoms with Crippen molar-refractivity contribution >= 4 is 5.82 Å². The molecule has 1 aliphatic rings. The van der Waals surface area contributed by atoms with Crippen LogP contribution in [0.4, 0.5) is 5.82 Å². The molecule has 0 spiro atoms. The van der Waals surface area contributed by atoms with Crippen LogP contribution in [0.15, 0.2) is 18.3 Å². The molecule has 0 atom stereocenters. The Morgan fingerprint density at radius 2 is 2.00 bits per heavy atom. The number of piperidine rings is 1. The molecule has 14 heavy (non-hydrogen) atoms. The van der Waals surface area contributed by atoms with Gasteiger partial charge in [0.25, 0.3) is 5.82 Å². The maximum absolute atomic E-state index is 8.91. The highest BCUT2D eigenvalue weighted by atomic mass is 16.3. The van der Waals surface area contributed by atoms with Gasteiger partial charge in [0.05, 0.1) is 25.9 Å². The third-order valence-corrected chi connectivity index (χ3v) is 2.74. The van der Waals surface area contributed by atoms with Gasteiger partial charge in [0, 0.05) is 11.6 Å². The number of aliphatic hydroxyl groups excluding tert-OH is 1. The van der Waals surface area contributed by atoms with Crippen LogP contribution in [-0.2, 0) is 6.61 Å². The highest BCUT2D eigenvalue weighted by Gasteiger charge is 2.17. The summed E-state index contributed by atoms with van der Waals surface area (Å²) in [5.74, 6) is 1.17. The quantitative estimate of drug-likeness (QED) is 0.760. The lowest BCUT2D eigenvalue weighted by atomic mass is 10.1. The van der Waals surface area contributed by atoms with Gasteiger partial charge in [0.1, 0.15) is 0 Å². The van der Waals surface area contributed by atoms with Crippen LogP contribution < -0.4 is 9.88 Å². The molecule has 1 fully saturated rings. The number of aromatic amines is 1. The summed E-state index contributed by atoms with van der Waals surface area (Å²) in [4.78, 5) is 5.59. The molecule has 2 heterocycles. The van der Waals surface area contributed by atoms with Gasteiger partial charge < -0.3 is 5.11 Å². The van der Waals surface area contributed by atoms with Crippen LogP contribution in [0.5, 0.6) is 0 Å². The van der Waals surface area contributed by atoms with E-state index in [-0.39, 0.29) is 6.61 Å². The zero-order chi connectivity index (χ0) is 9.80. The lowest BCUT2D eigenvalue weighted by Gasteiger charge is -2.20. The first-order valence-electron chi connectivity index (χ1n) is 5.26. The molecular formula is C11H17N2O+. The lowest BCUT2D eigenvalue weighted by Crippen LogP contribution is -2.33. The summed E-state index contributed by atoms with van der Waals surface area (Å²) in [5.41, 5.74) is 0.936. The standard InChI is InChI=1S/C11H16N2O/c14-9-10-4-5-11(12-8-10)13-6-2-1-3-7-13/h4-5,8,14H,1-3,6-7,9H2/p+1. The van der Waals surface area contributed by atoms with E-state index >= 15 is 0 Å². The normalized spacial score (nSPS) is 17.1. The SMILES string of the molecule is OCc1ccc(N2CCCCC2)[nH+]c1. The molecule has 1 aromatic rings. The molecule has 0 amide bonds. The zero-order valence-corrected chi connectivity index (χ0v) is 8.37. The van der Waals surface area contributed by atoms with Gasteiger partial charge in [-0.2, -0.15) is 0 Å². The number of pyridine rings is 1. The average Bonchev–Trinajstić information content (AvgIpc) is 2.30. The molecule has 2 N–H and O–H groups in total. The van der Waals surface area contributed by atoms with Crippen molar-refractivity contribution < 1.29 is 10.1 Å². The molecule has 3 heteroatoms. The molecule has 2 rings (SSSR count). The van der Waals surface area contributed by atoms with Crippen molar-refractivity contribution in [1.29, 1.82) is 0 Å². The Labute approximate surface area is 84.4 Å². The summed E-state index contributed by atoms with van der Waals surface area (Å²) in [6.07, 6.45) is 5.81. The van der Waals surface area contributed by atoms with Crippen LogP contribution >= 0.6 is 0 Å². The molecule has 1 aliphatic heterocycles. The monoisotopic (exact) mass is 193 g/mol. The summed E-state index contributed by atoms with van der Waals surface area (Å²) in [5, 5.41) is 8.91. The molecule has 1 aromatic heterocycles. The minimum atomic E-state index is 0.108. The topological polar surface area (TPSA) is 37.6 Å². The molecule has 0 bridgehead atoms. The fourth-order valence-corrected chi connectivity index (χ4v) is 1.88. The zero-order valence-electron chi connectivity index (χ0n) is 8.37. The minimum Gasteiger partial charge on any atom is -0.392 e. The molecule has 0 aromatic carbocycles. The van der Waals surface area contributed by atoms with E-state index < -0.39 is 0 Å². The number of rotatable bonds is 2. The van der Waals surface area contributed by atoms with Crippen LogP contribution in [0.2, 0.25) is 0 Å². The Kier molecular flexibility index (Phi) is 2.99. The van der Waals surface area contributed by atoms with E-state index in [0.717, 1.165) is 18.7 Å². The predicted molar refractivity (Wildman–Crippen MR) is 55.0 cm³/mol. The van der Waals surface area contributed by atoms with Crippen molar-refractivity contribution in [2.45, 2.75) is 25.9 Å². The Balaban J connectivity index is 2.07. The number of nitrogens with one attached hydrogen (secondary N) is 1. The van der Waals surface area contributed by atoms with Crippen molar-refractivity contribution in [3.8, 4) is 0 Å². The number of nitrogens with zero attached hydrogens (tertiary/aromatic N) is 1. The fourth-order valence-electron chi connectivity index (χ4n) is 1.88. The third-order valence-electron chi connectivity index (χ3n) is 2.74. The number of hydrogen-bond donors (Lipinski definition) is 1. The highest BCUT2D eigenvalue weighted by molar-refractivity contribution is 5.33. The minimum absolute atomic E-state index is 0.108. The van der Waals surface area contributed by atoms with E-state index in [1.54, 1.807) is 0 Å². The summed E-state index contributed by atoms with van der Waals surface area (Å²) in [6.45, 7) is 2.40. The van der Waals surface area contributed by atoms with Gasteiger partial charge in [-0.05, 0) is 25.3 Å². The fraction of sp³-hybridized carbons (Fsp3) is 0.545. The Hall–Kier alpha value is -1.09. The highest BCUT2D eigenvalue weighted by Crippen LogP contribution is 2.14. The number of H-pyrrole nitrogens is 1. The van der Waals surface area contributed by atoms with Crippen LogP contribution in [0.1, 0.15) is 24.8 Å². The second kappa shape index (κ2) is 4.42. The van der Waals surface area contributed by atoms with E-state index in [4.69, 9.17) is 5.11 Å². The molecule has 76 valence electrons. The summed E-state index contributed by atoms with van der Waals surface area (Å²) in [7, 11) is 0. The van der Waals surface area contributed by atoms with Crippen LogP contribution in [0.25, 0.3) is 0 Å². The van der Waals surface area contributed by atoms with Crippen molar-refractivity contribution in [3.63, 3.8) is 0 Å². The number of hydrogen-bond acceptors (Lipinski definition) is 2. The van der Waals surface area contributed by atoms with Gasteiger partial charge in [-0.15, -0.1) is 0 Å². The van der Waals surface area contributed by atoms with E-state index in [2.05, 4.69) is 16.0 Å². The van der Waals surface area contributed by atoms with E-state index in [0.29, 0.717) is 0 Å². The van der Waals surface area contributed by atoms with Gasteiger partial charge in [0.15, 0.2) is 0 Å². The van der Waals surface area contributed by atoms with Crippen molar-refractivity contribution in [2.24, 2.45) is 0 Å². The van der Waals surface area contributed by atoms with E-state index in [9.17, 15) is 0 Å². The van der Waals surface area contributed by atoms with Gasteiger partial charge in [-0.3, -0.25) is 4.90 Å². The Bertz CT molecular complexity index is 278. The number of aliphatic hydroxyl groups is 1. The van der Waals surface area contributed by atoms with Crippen LogP contribution in [0.3, 0.4) is 0 Å². The second-order valence-corrected chi connectivity index (χ2v) is 3.79. The van der Waals surface area contributed by atoms with Crippen LogP contribution in [-0.4, -0.2) is 18.2 Å². The lowest BCUT2D eigenvalue weighted by molar-refractivity contribution is -0.365. The molecule has 0 unspecified atom stereocenters. The van der Waals surface area contributed by atoms with E-state index in [1.807, 2.05) is 12.3 Å². The number of anilines is 1. The molecule has 0 aliphatic carbocycles. The Morgan fingerprint density at radius 1 is 1.21 bits per heavy atom. The largest absolute Gasteiger partial charge is 0.392 e. The van der Waals surface area contributed by atoms with Gasteiger partial charge in [0.2, 0.25) is 0 Å². The maximum Gasteiger partial charge on any atom is 0.274 e. The smallest absolute Gasteiger partial charge is 0.274 e. The van der Waals surface area contributed by atoms with Crippen LogP contribution in [0, 0.1) is 0 Å². The molecule has 3 nitrogen and oxygen atoms in total. The first kappa shape index (κ1) is 9.46. The van der Waals surface area contributed by atoms with Gasteiger partial charge in [-0.25, -0.2) is 4.98 Å². The number of aromatic nitrogens is 1. The maximum atomic E-state index is 8.91. The second-order valence-electron chi connectivity index (χ2n) is 3.79. The first-order chi connectivity index (χ1) is 6.90. The Morgan fingerprint density at radius 3 is 2.57 bits per heavy atom. The first-order valence-corrected chi connectivity index (χ1v) is 5.26. The summed E-state index contributed by atoms with van der Waals surface area (Å²) in [6, 6.07) is 4.03. The summed E-state index contributed by atoms with van der Waals surface area (Å²) >= 11 is 0. The van der Waals surface area contributed by atoms with Crippen molar-refractivity contribution in [2.75, 3.05) is 18.0 Å². The van der Waals surface area contributed by atoms with Gasteiger partial charge in [-0.1, -0.05) is 0 Å². The molecular weight excluding hydrogens is 176 g/mol. The van der Waals surface area contributed by atoms with Gasteiger partial charge >= 0.3 is 0 Å². The molecule has 0 saturated carbocycles. The van der Waals surface area contributed by atoms with Crippen molar-refractivity contribution in [1.82, 2.24) is 0 Å². The summed E-state index contributed by atoms with van der Waals surface area (Å²) < 4.78 is 0. The van der Waals surface area contributed by atoms with Crippen molar-refractivity contribution in [3.05, 3.63) is 23.9 Å². The molecule has 1 saturated heterocycles. The van der Waals surface area contributed by atoms with E-state index in [1.165, 1.54) is 25.1 Å². The predicted octanol–water partition coefficient (Wildman–Crippen LogP) is 0.983. The average molecular weight is 193 g/mol. The molecule has 0 radical (unpaired) electrons.